The first-order chi connectivity index (χ1) is 7.68. The zero-order chi connectivity index (χ0) is 11.5. The van der Waals surface area contributed by atoms with Crippen molar-refractivity contribution < 1.29 is 9.13 Å². The molecular formula is C12H15ClFNO. The molecule has 0 spiro atoms. The van der Waals surface area contributed by atoms with Crippen LogP contribution in [0, 0.1) is 11.7 Å². The summed E-state index contributed by atoms with van der Waals surface area (Å²) >= 11 is 5.71. The average Bonchev–Trinajstić information content (AvgIpc) is 2.29. The van der Waals surface area contributed by atoms with Gasteiger partial charge in [0.2, 0.25) is 0 Å². The van der Waals surface area contributed by atoms with E-state index in [0.717, 1.165) is 12.8 Å². The van der Waals surface area contributed by atoms with Gasteiger partial charge in [-0.05, 0) is 30.9 Å². The highest BCUT2D eigenvalue weighted by molar-refractivity contribution is 6.30. The maximum atomic E-state index is 13.7. The molecule has 0 bridgehead atoms. The third-order valence-electron chi connectivity index (χ3n) is 3.10. The number of ether oxygens (including phenoxy) is 1. The molecule has 1 heterocycles. The Labute approximate surface area is 99.5 Å². The molecule has 0 saturated carbocycles. The smallest absolute Gasteiger partial charge is 0.129 e. The summed E-state index contributed by atoms with van der Waals surface area (Å²) in [7, 11) is 0. The van der Waals surface area contributed by atoms with Crippen LogP contribution in [0.5, 0.6) is 0 Å². The minimum absolute atomic E-state index is 0.263. The first kappa shape index (κ1) is 11.8. The van der Waals surface area contributed by atoms with E-state index < -0.39 is 0 Å². The fourth-order valence-corrected chi connectivity index (χ4v) is 2.26. The third-order valence-corrected chi connectivity index (χ3v) is 3.33. The van der Waals surface area contributed by atoms with Crippen molar-refractivity contribution in [2.75, 3.05) is 13.2 Å². The van der Waals surface area contributed by atoms with Crippen LogP contribution in [-0.4, -0.2) is 13.2 Å². The lowest BCUT2D eigenvalue weighted by Gasteiger charge is -2.28. The number of nitrogens with two attached hydrogens (primary N) is 1. The largest absolute Gasteiger partial charge is 0.381 e. The van der Waals surface area contributed by atoms with E-state index >= 15 is 0 Å². The molecule has 16 heavy (non-hydrogen) atoms. The Morgan fingerprint density at radius 1 is 1.38 bits per heavy atom. The summed E-state index contributed by atoms with van der Waals surface area (Å²) in [5, 5.41) is 0.403. The average molecular weight is 244 g/mol. The van der Waals surface area contributed by atoms with Crippen LogP contribution < -0.4 is 5.73 Å². The summed E-state index contributed by atoms with van der Waals surface area (Å²) in [5.74, 6) is -0.0177. The Kier molecular flexibility index (Phi) is 3.79. The van der Waals surface area contributed by atoms with Gasteiger partial charge >= 0.3 is 0 Å². The van der Waals surface area contributed by atoms with Crippen LogP contribution in [0.25, 0.3) is 0 Å². The lowest BCUT2D eigenvalue weighted by Crippen LogP contribution is -2.28. The van der Waals surface area contributed by atoms with Gasteiger partial charge in [0.1, 0.15) is 5.82 Å². The molecule has 1 fully saturated rings. The van der Waals surface area contributed by atoms with Crippen LogP contribution in [0.1, 0.15) is 24.4 Å². The SMILES string of the molecule is N[C@@H](c1ccc(Cl)cc1F)C1CCOCC1. The van der Waals surface area contributed by atoms with Gasteiger partial charge in [0, 0.05) is 29.8 Å². The molecule has 1 atom stereocenters. The molecule has 0 unspecified atom stereocenters. The Morgan fingerprint density at radius 2 is 2.06 bits per heavy atom. The second kappa shape index (κ2) is 5.13. The second-order valence-corrected chi connectivity index (χ2v) is 4.58. The molecule has 1 aromatic rings. The standard InChI is InChI=1S/C12H15ClFNO/c13-9-1-2-10(11(14)7-9)12(15)8-3-5-16-6-4-8/h1-2,7-8,12H,3-6,15H2/t12-/m1/s1. The highest BCUT2D eigenvalue weighted by Crippen LogP contribution is 2.30. The third kappa shape index (κ3) is 2.54. The Hall–Kier alpha value is -0.640. The Balaban J connectivity index is 2.15. The summed E-state index contributed by atoms with van der Waals surface area (Å²) < 4.78 is 18.9. The van der Waals surface area contributed by atoms with E-state index in [-0.39, 0.29) is 11.9 Å². The van der Waals surface area contributed by atoms with Gasteiger partial charge in [-0.15, -0.1) is 0 Å². The summed E-state index contributed by atoms with van der Waals surface area (Å²) in [6.45, 7) is 1.43. The highest BCUT2D eigenvalue weighted by atomic mass is 35.5. The molecule has 0 aromatic heterocycles. The van der Waals surface area contributed by atoms with Crippen molar-refractivity contribution in [1.29, 1.82) is 0 Å². The summed E-state index contributed by atoms with van der Waals surface area (Å²) in [4.78, 5) is 0. The fraction of sp³-hybridized carbons (Fsp3) is 0.500. The number of hydrogen-bond donors (Lipinski definition) is 1. The molecule has 88 valence electrons. The normalized spacial score (nSPS) is 19.7. The molecule has 2 N–H and O–H groups in total. The molecule has 1 aromatic carbocycles. The second-order valence-electron chi connectivity index (χ2n) is 4.14. The predicted molar refractivity (Wildman–Crippen MR) is 61.9 cm³/mol. The van der Waals surface area contributed by atoms with Gasteiger partial charge in [0.05, 0.1) is 0 Å². The molecule has 4 heteroatoms. The van der Waals surface area contributed by atoms with Gasteiger partial charge in [0.25, 0.3) is 0 Å². The van der Waals surface area contributed by atoms with Crippen molar-refractivity contribution in [2.24, 2.45) is 11.7 Å². The van der Waals surface area contributed by atoms with Gasteiger partial charge in [-0.25, -0.2) is 4.39 Å². The van der Waals surface area contributed by atoms with Crippen LogP contribution >= 0.6 is 11.6 Å². The van der Waals surface area contributed by atoms with Crippen molar-refractivity contribution in [2.45, 2.75) is 18.9 Å². The molecule has 1 aliphatic rings. The van der Waals surface area contributed by atoms with Crippen molar-refractivity contribution in [3.8, 4) is 0 Å². The van der Waals surface area contributed by atoms with Gasteiger partial charge in [-0.3, -0.25) is 0 Å². The fourth-order valence-electron chi connectivity index (χ4n) is 2.10. The van der Waals surface area contributed by atoms with Gasteiger partial charge < -0.3 is 10.5 Å². The first-order valence-corrected chi connectivity index (χ1v) is 5.84. The van der Waals surface area contributed by atoms with Crippen LogP contribution in [0.2, 0.25) is 5.02 Å². The minimum Gasteiger partial charge on any atom is -0.381 e. The van der Waals surface area contributed by atoms with Crippen molar-refractivity contribution in [3.63, 3.8) is 0 Å². The lowest BCUT2D eigenvalue weighted by molar-refractivity contribution is 0.0580. The van der Waals surface area contributed by atoms with E-state index in [2.05, 4.69) is 0 Å². The zero-order valence-electron chi connectivity index (χ0n) is 8.96. The van der Waals surface area contributed by atoms with Crippen LogP contribution in [0.15, 0.2) is 18.2 Å². The van der Waals surface area contributed by atoms with E-state index in [9.17, 15) is 4.39 Å². The van der Waals surface area contributed by atoms with E-state index in [0.29, 0.717) is 29.7 Å². The van der Waals surface area contributed by atoms with Crippen LogP contribution in [-0.2, 0) is 4.74 Å². The zero-order valence-corrected chi connectivity index (χ0v) is 9.71. The number of benzene rings is 1. The van der Waals surface area contributed by atoms with Crippen LogP contribution in [0.4, 0.5) is 4.39 Å². The Morgan fingerprint density at radius 3 is 2.69 bits per heavy atom. The topological polar surface area (TPSA) is 35.2 Å². The van der Waals surface area contributed by atoms with Gasteiger partial charge in [-0.2, -0.15) is 0 Å². The highest BCUT2D eigenvalue weighted by Gasteiger charge is 2.24. The van der Waals surface area contributed by atoms with Crippen molar-refractivity contribution in [1.82, 2.24) is 0 Å². The molecular weight excluding hydrogens is 229 g/mol. The molecule has 0 amide bonds. The monoisotopic (exact) mass is 243 g/mol. The first-order valence-electron chi connectivity index (χ1n) is 5.47. The number of hydrogen-bond acceptors (Lipinski definition) is 2. The predicted octanol–water partition coefficient (Wildman–Crippen LogP) is 2.91. The molecule has 0 aliphatic carbocycles. The summed E-state index contributed by atoms with van der Waals surface area (Å²) in [6, 6.07) is 4.41. The number of rotatable bonds is 2. The van der Waals surface area contributed by atoms with Crippen LogP contribution in [0.3, 0.4) is 0 Å². The quantitative estimate of drug-likeness (QED) is 0.867. The molecule has 1 aliphatic heterocycles. The molecule has 0 radical (unpaired) electrons. The van der Waals surface area contributed by atoms with E-state index in [4.69, 9.17) is 22.1 Å². The minimum atomic E-state index is -0.313. The molecule has 2 nitrogen and oxygen atoms in total. The molecule has 1 saturated heterocycles. The van der Waals surface area contributed by atoms with E-state index in [1.54, 1.807) is 12.1 Å². The number of halogens is 2. The Bertz CT molecular complexity index is 366. The van der Waals surface area contributed by atoms with Crippen molar-refractivity contribution >= 4 is 11.6 Å². The van der Waals surface area contributed by atoms with E-state index in [1.807, 2.05) is 0 Å². The molecule has 2 rings (SSSR count). The maximum Gasteiger partial charge on any atom is 0.129 e. The summed E-state index contributed by atoms with van der Waals surface area (Å²) in [5.41, 5.74) is 6.63. The maximum absolute atomic E-state index is 13.7. The van der Waals surface area contributed by atoms with Gasteiger partial charge in [-0.1, -0.05) is 17.7 Å². The summed E-state index contributed by atoms with van der Waals surface area (Å²) in [6.07, 6.45) is 1.78. The van der Waals surface area contributed by atoms with Crippen molar-refractivity contribution in [3.05, 3.63) is 34.6 Å². The lowest BCUT2D eigenvalue weighted by atomic mass is 9.87. The van der Waals surface area contributed by atoms with Gasteiger partial charge in [0.15, 0.2) is 0 Å². The van der Waals surface area contributed by atoms with E-state index in [1.165, 1.54) is 6.07 Å².